The second kappa shape index (κ2) is 6.75. The molecule has 0 amide bonds. The molecule has 4 nitrogen and oxygen atoms in total. The smallest absolute Gasteiger partial charge is 0.259 e. The minimum Gasteiger partial charge on any atom is -0.310 e. The molecule has 1 aliphatic carbocycles. The van der Waals surface area contributed by atoms with E-state index in [0.717, 1.165) is 34.6 Å². The van der Waals surface area contributed by atoms with Crippen molar-refractivity contribution in [2.45, 2.75) is 52.5 Å². The van der Waals surface area contributed by atoms with Crippen molar-refractivity contribution in [2.24, 2.45) is 0 Å². The van der Waals surface area contributed by atoms with Gasteiger partial charge in [-0.05, 0) is 58.1 Å². The van der Waals surface area contributed by atoms with E-state index in [1.807, 2.05) is 13.8 Å². The van der Waals surface area contributed by atoms with Gasteiger partial charge in [0.05, 0.1) is 11.9 Å². The normalized spacial score (nSPS) is 15.3. The number of nitrogens with one attached hydrogen (secondary N) is 2. The van der Waals surface area contributed by atoms with Gasteiger partial charge in [0, 0.05) is 4.88 Å². The van der Waals surface area contributed by atoms with Crippen molar-refractivity contribution in [3.8, 4) is 0 Å². The Hall–Kier alpha value is -1.46. The van der Waals surface area contributed by atoms with Crippen LogP contribution >= 0.6 is 11.3 Å². The first kappa shape index (κ1) is 15.4. The summed E-state index contributed by atoms with van der Waals surface area (Å²) in [6.45, 7) is 5.59. The van der Waals surface area contributed by atoms with Crippen molar-refractivity contribution in [3.63, 3.8) is 0 Å². The Morgan fingerprint density at radius 1 is 1.36 bits per heavy atom. The molecular formula is C17H23N3OS. The van der Waals surface area contributed by atoms with Crippen molar-refractivity contribution in [3.05, 3.63) is 38.3 Å². The number of rotatable bonds is 5. The molecule has 0 atom stereocenters. The summed E-state index contributed by atoms with van der Waals surface area (Å²) in [4.78, 5) is 21.7. The van der Waals surface area contributed by atoms with E-state index < -0.39 is 0 Å². The van der Waals surface area contributed by atoms with Crippen molar-refractivity contribution in [2.75, 3.05) is 6.54 Å². The Morgan fingerprint density at radius 2 is 2.23 bits per heavy atom. The fraction of sp³-hybridized carbons (Fsp3) is 0.529. The van der Waals surface area contributed by atoms with Crippen LogP contribution in [0.2, 0.25) is 0 Å². The minimum absolute atomic E-state index is 0.0151. The van der Waals surface area contributed by atoms with Crippen LogP contribution < -0.4 is 10.9 Å². The second-order valence-electron chi connectivity index (χ2n) is 6.01. The molecule has 0 fully saturated rings. The van der Waals surface area contributed by atoms with Crippen LogP contribution in [0.25, 0.3) is 10.2 Å². The highest BCUT2D eigenvalue weighted by atomic mass is 32.1. The molecule has 22 heavy (non-hydrogen) atoms. The third-order valence-electron chi connectivity index (χ3n) is 4.39. The SMILES string of the molecule is Cc1sc2nc(CNCCC3=CCCCC3)[nH]c(=O)c2c1C. The number of aryl methyl sites for hydroxylation is 2. The zero-order valence-corrected chi connectivity index (χ0v) is 14.1. The van der Waals surface area contributed by atoms with Gasteiger partial charge in [-0.25, -0.2) is 4.98 Å². The number of aromatic amines is 1. The van der Waals surface area contributed by atoms with Gasteiger partial charge in [-0.1, -0.05) is 11.6 Å². The molecule has 118 valence electrons. The molecule has 0 aliphatic heterocycles. The van der Waals surface area contributed by atoms with E-state index in [2.05, 4.69) is 21.4 Å². The molecular weight excluding hydrogens is 294 g/mol. The average molecular weight is 317 g/mol. The van der Waals surface area contributed by atoms with E-state index in [4.69, 9.17) is 0 Å². The molecule has 2 heterocycles. The molecule has 0 aromatic carbocycles. The fourth-order valence-corrected chi connectivity index (χ4v) is 4.02. The van der Waals surface area contributed by atoms with Gasteiger partial charge in [0.25, 0.3) is 5.56 Å². The summed E-state index contributed by atoms with van der Waals surface area (Å²) in [6, 6.07) is 0. The Labute approximate surface area is 134 Å². The van der Waals surface area contributed by atoms with Crippen LogP contribution in [0.4, 0.5) is 0 Å². The number of allylic oxidation sites excluding steroid dienone is 1. The molecule has 0 saturated heterocycles. The lowest BCUT2D eigenvalue weighted by molar-refractivity contribution is 0.621. The predicted molar refractivity (Wildman–Crippen MR) is 92.6 cm³/mol. The van der Waals surface area contributed by atoms with Crippen molar-refractivity contribution < 1.29 is 0 Å². The largest absolute Gasteiger partial charge is 0.310 e. The number of nitrogens with zero attached hydrogens (tertiary/aromatic N) is 1. The predicted octanol–water partition coefficient (Wildman–Crippen LogP) is 3.58. The van der Waals surface area contributed by atoms with Crippen LogP contribution in [0.3, 0.4) is 0 Å². The van der Waals surface area contributed by atoms with Gasteiger partial charge < -0.3 is 10.3 Å². The Bertz CT molecular complexity index is 757. The van der Waals surface area contributed by atoms with Crippen LogP contribution in [-0.4, -0.2) is 16.5 Å². The third-order valence-corrected chi connectivity index (χ3v) is 5.49. The molecule has 2 aromatic rings. The van der Waals surface area contributed by atoms with Gasteiger partial charge in [-0.2, -0.15) is 0 Å². The van der Waals surface area contributed by atoms with Crippen LogP contribution in [-0.2, 0) is 6.54 Å². The lowest BCUT2D eigenvalue weighted by Crippen LogP contribution is -2.20. The highest BCUT2D eigenvalue weighted by Crippen LogP contribution is 2.25. The van der Waals surface area contributed by atoms with E-state index in [9.17, 15) is 4.79 Å². The zero-order chi connectivity index (χ0) is 15.5. The summed E-state index contributed by atoms with van der Waals surface area (Å²) in [5, 5.41) is 4.14. The molecule has 0 unspecified atom stereocenters. The number of hydrogen-bond acceptors (Lipinski definition) is 4. The molecule has 0 spiro atoms. The maximum absolute atomic E-state index is 12.2. The van der Waals surface area contributed by atoms with Crippen LogP contribution in [0.1, 0.15) is 48.4 Å². The van der Waals surface area contributed by atoms with E-state index in [-0.39, 0.29) is 5.56 Å². The molecule has 3 rings (SSSR count). The summed E-state index contributed by atoms with van der Waals surface area (Å²) >= 11 is 1.60. The Kier molecular flexibility index (Phi) is 4.74. The minimum atomic E-state index is -0.0151. The molecule has 0 bridgehead atoms. The number of H-pyrrole nitrogens is 1. The van der Waals surface area contributed by atoms with Gasteiger partial charge in [0.15, 0.2) is 0 Å². The maximum atomic E-state index is 12.2. The molecule has 5 heteroatoms. The Balaban J connectivity index is 1.62. The number of fused-ring (bicyclic) bond motifs is 1. The van der Waals surface area contributed by atoms with E-state index >= 15 is 0 Å². The fourth-order valence-electron chi connectivity index (χ4n) is 2.97. The molecule has 1 aliphatic rings. The van der Waals surface area contributed by atoms with Gasteiger partial charge in [0.1, 0.15) is 10.7 Å². The lowest BCUT2D eigenvalue weighted by atomic mass is 9.97. The van der Waals surface area contributed by atoms with Gasteiger partial charge in [0.2, 0.25) is 0 Å². The van der Waals surface area contributed by atoms with Crippen molar-refractivity contribution in [1.29, 1.82) is 0 Å². The number of hydrogen-bond donors (Lipinski definition) is 2. The first-order valence-electron chi connectivity index (χ1n) is 8.02. The van der Waals surface area contributed by atoms with Crippen LogP contribution in [0, 0.1) is 13.8 Å². The van der Waals surface area contributed by atoms with E-state index in [0.29, 0.717) is 6.54 Å². The van der Waals surface area contributed by atoms with Gasteiger partial charge in [-0.3, -0.25) is 4.79 Å². The highest BCUT2D eigenvalue weighted by molar-refractivity contribution is 7.18. The van der Waals surface area contributed by atoms with Gasteiger partial charge in [-0.15, -0.1) is 11.3 Å². The monoisotopic (exact) mass is 317 g/mol. The average Bonchev–Trinajstić information content (AvgIpc) is 2.80. The van der Waals surface area contributed by atoms with Gasteiger partial charge >= 0.3 is 0 Å². The Morgan fingerprint density at radius 3 is 3.00 bits per heavy atom. The molecule has 2 aromatic heterocycles. The number of thiophene rings is 1. The summed E-state index contributed by atoms with van der Waals surface area (Å²) < 4.78 is 0. The number of aromatic nitrogens is 2. The lowest BCUT2D eigenvalue weighted by Gasteiger charge is -2.12. The molecule has 0 saturated carbocycles. The highest BCUT2D eigenvalue weighted by Gasteiger charge is 2.11. The van der Waals surface area contributed by atoms with Crippen molar-refractivity contribution in [1.82, 2.24) is 15.3 Å². The summed E-state index contributed by atoms with van der Waals surface area (Å²) in [7, 11) is 0. The van der Waals surface area contributed by atoms with E-state index in [1.54, 1.807) is 16.9 Å². The van der Waals surface area contributed by atoms with Crippen LogP contribution in [0.15, 0.2) is 16.4 Å². The second-order valence-corrected chi connectivity index (χ2v) is 7.21. The standard InChI is InChI=1S/C17H23N3OS/c1-11-12(2)22-17-15(11)16(21)19-14(20-17)10-18-9-8-13-6-4-3-5-7-13/h6,18H,3-5,7-10H2,1-2H3,(H,19,20,21). The first-order valence-corrected chi connectivity index (χ1v) is 8.84. The molecule has 2 N–H and O–H groups in total. The van der Waals surface area contributed by atoms with Crippen molar-refractivity contribution >= 4 is 21.6 Å². The summed E-state index contributed by atoms with van der Waals surface area (Å²) in [6.07, 6.45) is 8.63. The quantitative estimate of drug-likeness (QED) is 0.654. The maximum Gasteiger partial charge on any atom is 0.259 e. The topological polar surface area (TPSA) is 57.8 Å². The summed E-state index contributed by atoms with van der Waals surface area (Å²) in [5.41, 5.74) is 2.61. The third kappa shape index (κ3) is 3.31. The first-order chi connectivity index (χ1) is 10.6. The summed E-state index contributed by atoms with van der Waals surface area (Å²) in [5.74, 6) is 0.733. The molecule has 0 radical (unpaired) electrons. The zero-order valence-electron chi connectivity index (χ0n) is 13.3. The van der Waals surface area contributed by atoms with Crippen LogP contribution in [0.5, 0.6) is 0 Å². The van der Waals surface area contributed by atoms with E-state index in [1.165, 1.54) is 30.6 Å².